The Labute approximate surface area is 49.9 Å². The topological polar surface area (TPSA) is 12.5 Å². The summed E-state index contributed by atoms with van der Waals surface area (Å²) in [4.78, 5) is 0. The summed E-state index contributed by atoms with van der Waals surface area (Å²) in [7, 11) is 0. The molecule has 3 heteroatoms. The van der Waals surface area contributed by atoms with Crippen molar-refractivity contribution >= 4 is 24.8 Å². The molecule has 1 heterocycles. The van der Waals surface area contributed by atoms with E-state index in [0.717, 1.165) is 6.61 Å². The van der Waals surface area contributed by atoms with E-state index in [9.17, 15) is 0 Å². The van der Waals surface area contributed by atoms with E-state index >= 15 is 0 Å². The van der Waals surface area contributed by atoms with E-state index in [0.29, 0.717) is 6.10 Å². The van der Waals surface area contributed by atoms with Crippen LogP contribution in [0.25, 0.3) is 0 Å². The van der Waals surface area contributed by atoms with E-state index in [4.69, 9.17) is 4.74 Å². The van der Waals surface area contributed by atoms with E-state index in [-0.39, 0.29) is 24.8 Å². The molecule has 1 atom stereocenters. The Hall–Kier alpha value is 0.540. The second-order valence-corrected chi connectivity index (χ2v) is 1.14. The highest BCUT2D eigenvalue weighted by atomic mass is 35.5. The van der Waals surface area contributed by atoms with Gasteiger partial charge in [-0.3, -0.25) is 0 Å². The molecule has 0 aliphatic carbocycles. The van der Waals surface area contributed by atoms with Crippen LogP contribution in [0.4, 0.5) is 0 Å². The molecule has 0 spiro atoms. The van der Waals surface area contributed by atoms with Gasteiger partial charge in [0.15, 0.2) is 0 Å². The van der Waals surface area contributed by atoms with Crippen LogP contribution in [-0.2, 0) is 4.74 Å². The number of halogens is 2. The van der Waals surface area contributed by atoms with Crippen molar-refractivity contribution in [2.24, 2.45) is 0 Å². The summed E-state index contributed by atoms with van der Waals surface area (Å²) in [5.74, 6) is 0. The van der Waals surface area contributed by atoms with E-state index in [1.807, 2.05) is 0 Å². The predicted octanol–water partition coefficient (Wildman–Crippen LogP) is 1.25. The van der Waals surface area contributed by atoms with Crippen LogP contribution >= 0.6 is 24.8 Å². The van der Waals surface area contributed by atoms with Crippen molar-refractivity contribution in [1.29, 1.82) is 0 Å². The lowest BCUT2D eigenvalue weighted by molar-refractivity contribution is 0.423. The molecule has 40 valence electrons. The first-order valence-corrected chi connectivity index (χ1v) is 1.51. The van der Waals surface area contributed by atoms with Crippen LogP contribution in [0.1, 0.15) is 6.92 Å². The van der Waals surface area contributed by atoms with Gasteiger partial charge in [0.05, 0.1) is 12.7 Å². The Morgan fingerprint density at radius 3 is 1.67 bits per heavy atom. The summed E-state index contributed by atoms with van der Waals surface area (Å²) >= 11 is 0. The highest BCUT2D eigenvalue weighted by Gasteiger charge is 2.13. The minimum absolute atomic E-state index is 0. The van der Waals surface area contributed by atoms with Crippen LogP contribution in [-0.4, -0.2) is 12.7 Å². The number of hydrogen-bond acceptors (Lipinski definition) is 1. The SMILES string of the molecule is CC1CO1.Cl.Cl. The van der Waals surface area contributed by atoms with Crippen LogP contribution in [0.15, 0.2) is 0 Å². The average molecular weight is 131 g/mol. The lowest BCUT2D eigenvalue weighted by atomic mass is 10.6. The van der Waals surface area contributed by atoms with Crippen LogP contribution in [0, 0.1) is 0 Å². The van der Waals surface area contributed by atoms with Gasteiger partial charge in [0.25, 0.3) is 0 Å². The molecule has 0 saturated carbocycles. The van der Waals surface area contributed by atoms with E-state index in [1.165, 1.54) is 0 Å². The molecule has 1 aliphatic heterocycles. The smallest absolute Gasteiger partial charge is 0.0781 e. The minimum Gasteiger partial charge on any atom is -0.373 e. The molecular formula is C3H8Cl2O. The molecular weight excluding hydrogens is 123 g/mol. The monoisotopic (exact) mass is 130 g/mol. The van der Waals surface area contributed by atoms with Gasteiger partial charge in [-0.2, -0.15) is 0 Å². The lowest BCUT2D eigenvalue weighted by Crippen LogP contribution is -1.60. The van der Waals surface area contributed by atoms with Crippen molar-refractivity contribution in [3.05, 3.63) is 0 Å². The van der Waals surface area contributed by atoms with Gasteiger partial charge in [-0.1, -0.05) is 0 Å². The van der Waals surface area contributed by atoms with Crippen molar-refractivity contribution in [1.82, 2.24) is 0 Å². The molecule has 0 bridgehead atoms. The van der Waals surface area contributed by atoms with Crippen LogP contribution in [0.3, 0.4) is 0 Å². The second kappa shape index (κ2) is 3.72. The molecule has 0 aromatic heterocycles. The van der Waals surface area contributed by atoms with Crippen LogP contribution < -0.4 is 0 Å². The maximum atomic E-state index is 4.71. The zero-order valence-corrected chi connectivity index (χ0v) is 5.14. The normalized spacial score (nSPS) is 26.5. The Bertz CT molecular complexity index is 28.0. The molecule has 0 radical (unpaired) electrons. The first kappa shape index (κ1) is 9.74. The highest BCUT2D eigenvalue weighted by molar-refractivity contribution is 5.85. The van der Waals surface area contributed by atoms with E-state index in [1.54, 1.807) is 0 Å². The first-order chi connectivity index (χ1) is 1.89. The molecule has 0 N–H and O–H groups in total. The largest absolute Gasteiger partial charge is 0.373 e. The molecule has 1 saturated heterocycles. The predicted molar refractivity (Wildman–Crippen MR) is 29.9 cm³/mol. The molecule has 0 aromatic rings. The second-order valence-electron chi connectivity index (χ2n) is 1.14. The Kier molecular flexibility index (Phi) is 6.04. The van der Waals surface area contributed by atoms with Gasteiger partial charge < -0.3 is 4.74 Å². The third-order valence-electron chi connectivity index (χ3n) is 0.500. The summed E-state index contributed by atoms with van der Waals surface area (Å²) in [5, 5.41) is 0. The van der Waals surface area contributed by atoms with Crippen molar-refractivity contribution in [3.63, 3.8) is 0 Å². The third-order valence-corrected chi connectivity index (χ3v) is 0.500. The molecule has 1 unspecified atom stereocenters. The van der Waals surface area contributed by atoms with Gasteiger partial charge in [0, 0.05) is 0 Å². The Balaban J connectivity index is 0. The van der Waals surface area contributed by atoms with E-state index in [2.05, 4.69) is 6.92 Å². The summed E-state index contributed by atoms with van der Waals surface area (Å²) in [6, 6.07) is 0. The van der Waals surface area contributed by atoms with Gasteiger partial charge in [0.2, 0.25) is 0 Å². The average Bonchev–Trinajstić information content (AvgIpc) is 1.75. The molecule has 1 aliphatic rings. The van der Waals surface area contributed by atoms with Crippen LogP contribution in [0.2, 0.25) is 0 Å². The van der Waals surface area contributed by atoms with Gasteiger partial charge in [-0.05, 0) is 6.92 Å². The summed E-state index contributed by atoms with van der Waals surface area (Å²) < 4.78 is 4.71. The van der Waals surface area contributed by atoms with Crippen molar-refractivity contribution in [3.8, 4) is 0 Å². The first-order valence-electron chi connectivity index (χ1n) is 1.51. The van der Waals surface area contributed by atoms with Gasteiger partial charge in [-0.15, -0.1) is 24.8 Å². The highest BCUT2D eigenvalue weighted by Crippen LogP contribution is 2.04. The van der Waals surface area contributed by atoms with Crippen molar-refractivity contribution in [2.45, 2.75) is 13.0 Å². The fourth-order valence-electron chi connectivity index (χ4n) is 0.0962. The fraction of sp³-hybridized carbons (Fsp3) is 1.00. The van der Waals surface area contributed by atoms with Gasteiger partial charge in [-0.25, -0.2) is 0 Å². The van der Waals surface area contributed by atoms with Gasteiger partial charge in [0.1, 0.15) is 0 Å². The summed E-state index contributed by atoms with van der Waals surface area (Å²) in [6.45, 7) is 3.04. The molecule has 1 rings (SSSR count). The number of ether oxygens (including phenoxy) is 1. The standard InChI is InChI=1S/C3H6O.2ClH/c1-3-2-4-3;;/h3H,2H2,1H3;2*1H. The third kappa shape index (κ3) is 4.54. The zero-order valence-electron chi connectivity index (χ0n) is 3.51. The van der Waals surface area contributed by atoms with E-state index < -0.39 is 0 Å². The molecule has 6 heavy (non-hydrogen) atoms. The van der Waals surface area contributed by atoms with Crippen molar-refractivity contribution in [2.75, 3.05) is 6.61 Å². The molecule has 0 aromatic carbocycles. The molecule has 1 fully saturated rings. The Morgan fingerprint density at radius 2 is 1.67 bits per heavy atom. The maximum absolute atomic E-state index is 4.71. The van der Waals surface area contributed by atoms with Crippen molar-refractivity contribution < 1.29 is 4.74 Å². The number of hydrogen-bond donors (Lipinski definition) is 0. The Morgan fingerprint density at radius 1 is 1.50 bits per heavy atom. The molecule has 1 nitrogen and oxygen atoms in total. The molecule has 0 amide bonds. The zero-order chi connectivity index (χ0) is 2.99. The number of rotatable bonds is 0. The van der Waals surface area contributed by atoms with Gasteiger partial charge >= 0.3 is 0 Å². The van der Waals surface area contributed by atoms with Crippen LogP contribution in [0.5, 0.6) is 0 Å². The fourth-order valence-corrected chi connectivity index (χ4v) is 0.0962. The number of epoxide rings is 1. The maximum Gasteiger partial charge on any atom is 0.0781 e. The lowest BCUT2D eigenvalue weighted by Gasteiger charge is -1.50. The minimum atomic E-state index is 0. The summed E-state index contributed by atoms with van der Waals surface area (Å²) in [5.41, 5.74) is 0. The quantitative estimate of drug-likeness (QED) is 0.450. The summed E-state index contributed by atoms with van der Waals surface area (Å²) in [6.07, 6.45) is 0.583.